The Morgan fingerprint density at radius 1 is 1.00 bits per heavy atom. The number of hydrogen-bond donors (Lipinski definition) is 1. The zero-order valence-electron chi connectivity index (χ0n) is 15.0. The first-order valence-electron chi connectivity index (χ1n) is 8.47. The Labute approximate surface area is 147 Å². The topological polar surface area (TPSA) is 51.2 Å². The Morgan fingerprint density at radius 2 is 1.76 bits per heavy atom. The van der Waals surface area contributed by atoms with Gasteiger partial charge in [0.25, 0.3) is 0 Å². The van der Waals surface area contributed by atoms with E-state index in [4.69, 9.17) is 14.2 Å². The lowest BCUT2D eigenvalue weighted by molar-refractivity contribution is 0.226. The van der Waals surface area contributed by atoms with E-state index in [0.29, 0.717) is 17.2 Å². The first-order valence-corrected chi connectivity index (χ1v) is 8.47. The van der Waals surface area contributed by atoms with Gasteiger partial charge in [-0.15, -0.1) is 0 Å². The van der Waals surface area contributed by atoms with E-state index in [1.807, 2.05) is 12.1 Å². The Balaban J connectivity index is 2.12. The van der Waals surface area contributed by atoms with Gasteiger partial charge in [0.2, 0.25) is 0 Å². The van der Waals surface area contributed by atoms with Gasteiger partial charge in [-0.05, 0) is 48.7 Å². The normalized spacial score (nSPS) is 18.3. The summed E-state index contributed by atoms with van der Waals surface area (Å²) in [5.41, 5.74) is 5.51. The first kappa shape index (κ1) is 16.1. The van der Waals surface area contributed by atoms with Crippen LogP contribution < -0.4 is 14.2 Å². The quantitative estimate of drug-likeness (QED) is 0.929. The lowest BCUT2D eigenvalue weighted by atomic mass is 9.76. The predicted octanol–water partition coefficient (Wildman–Crippen LogP) is 3.17. The van der Waals surface area contributed by atoms with Gasteiger partial charge in [0.1, 0.15) is 0 Å². The van der Waals surface area contributed by atoms with Crippen molar-refractivity contribution in [3.8, 4) is 34.1 Å². The molecule has 2 aliphatic rings. The summed E-state index contributed by atoms with van der Waals surface area (Å²) >= 11 is 0. The molecule has 0 aromatic heterocycles. The third-order valence-electron chi connectivity index (χ3n) is 5.48. The van der Waals surface area contributed by atoms with Crippen LogP contribution in [0.3, 0.4) is 0 Å². The zero-order valence-corrected chi connectivity index (χ0v) is 15.0. The summed E-state index contributed by atoms with van der Waals surface area (Å²) in [6, 6.07) is 6.17. The molecule has 5 nitrogen and oxygen atoms in total. The second-order valence-corrected chi connectivity index (χ2v) is 6.66. The van der Waals surface area contributed by atoms with Gasteiger partial charge in [-0.1, -0.05) is 6.07 Å². The fourth-order valence-electron chi connectivity index (χ4n) is 4.31. The summed E-state index contributed by atoms with van der Waals surface area (Å²) in [6.45, 7) is 0.978. The van der Waals surface area contributed by atoms with Crippen LogP contribution in [0.1, 0.15) is 22.7 Å². The van der Waals surface area contributed by atoms with Gasteiger partial charge in [-0.3, -0.25) is 4.90 Å². The van der Waals surface area contributed by atoms with Crippen LogP contribution in [-0.2, 0) is 12.8 Å². The van der Waals surface area contributed by atoms with Gasteiger partial charge in [0.05, 0.1) is 21.3 Å². The number of nitrogens with zero attached hydrogens (tertiary/aromatic N) is 1. The molecule has 0 fully saturated rings. The van der Waals surface area contributed by atoms with Crippen LogP contribution in [0.4, 0.5) is 0 Å². The molecule has 0 amide bonds. The van der Waals surface area contributed by atoms with Gasteiger partial charge in [0, 0.05) is 23.7 Å². The van der Waals surface area contributed by atoms with Crippen LogP contribution in [-0.4, -0.2) is 44.9 Å². The van der Waals surface area contributed by atoms with Gasteiger partial charge in [-0.2, -0.15) is 0 Å². The molecule has 132 valence electrons. The van der Waals surface area contributed by atoms with Crippen molar-refractivity contribution in [3.05, 3.63) is 34.9 Å². The maximum atomic E-state index is 10.6. The molecule has 0 radical (unpaired) electrons. The number of likely N-dealkylation sites (N-methyl/N-ethyl adjacent to an activating group) is 1. The number of benzene rings is 2. The van der Waals surface area contributed by atoms with Crippen molar-refractivity contribution in [2.45, 2.75) is 18.9 Å². The Morgan fingerprint density at radius 3 is 2.44 bits per heavy atom. The minimum absolute atomic E-state index is 0.178. The highest BCUT2D eigenvalue weighted by Crippen LogP contribution is 2.56. The molecule has 1 N–H and O–H groups in total. The fourth-order valence-corrected chi connectivity index (χ4v) is 4.31. The summed E-state index contributed by atoms with van der Waals surface area (Å²) < 4.78 is 16.8. The number of phenolic OH excluding ortho intramolecular Hbond substituents is 1. The highest BCUT2D eigenvalue weighted by atomic mass is 16.5. The van der Waals surface area contributed by atoms with Gasteiger partial charge in [0.15, 0.2) is 23.0 Å². The molecule has 0 saturated carbocycles. The van der Waals surface area contributed by atoms with E-state index in [1.165, 1.54) is 16.7 Å². The van der Waals surface area contributed by atoms with Gasteiger partial charge >= 0.3 is 0 Å². The third kappa shape index (κ3) is 2.19. The molecule has 25 heavy (non-hydrogen) atoms. The van der Waals surface area contributed by atoms with Crippen molar-refractivity contribution in [2.24, 2.45) is 0 Å². The lowest BCUT2D eigenvalue weighted by Gasteiger charge is -2.40. The minimum Gasteiger partial charge on any atom is -0.504 e. The highest BCUT2D eigenvalue weighted by molar-refractivity contribution is 5.88. The first-order chi connectivity index (χ1) is 12.1. The van der Waals surface area contributed by atoms with Crippen molar-refractivity contribution in [1.29, 1.82) is 0 Å². The average molecular weight is 341 g/mol. The molecule has 2 aromatic rings. The van der Waals surface area contributed by atoms with Gasteiger partial charge < -0.3 is 19.3 Å². The Bertz CT molecular complexity index is 846. The molecule has 1 heterocycles. The van der Waals surface area contributed by atoms with Crippen molar-refractivity contribution in [2.75, 3.05) is 34.9 Å². The number of phenols is 1. The summed E-state index contributed by atoms with van der Waals surface area (Å²) in [5, 5.41) is 10.6. The largest absolute Gasteiger partial charge is 0.504 e. The second kappa shape index (κ2) is 5.85. The number of methoxy groups -OCH3 is 3. The van der Waals surface area contributed by atoms with Crippen molar-refractivity contribution in [1.82, 2.24) is 4.90 Å². The molecule has 1 aliphatic heterocycles. The molecular weight excluding hydrogens is 318 g/mol. The number of rotatable bonds is 3. The summed E-state index contributed by atoms with van der Waals surface area (Å²) in [4.78, 5) is 2.38. The second-order valence-electron chi connectivity index (χ2n) is 6.66. The molecule has 4 rings (SSSR count). The Hall–Kier alpha value is -2.40. The summed E-state index contributed by atoms with van der Waals surface area (Å²) in [6.07, 6.45) is 1.81. The molecule has 0 saturated heterocycles. The van der Waals surface area contributed by atoms with Crippen molar-refractivity contribution < 1.29 is 19.3 Å². The van der Waals surface area contributed by atoms with Crippen LogP contribution in [0.5, 0.6) is 23.0 Å². The molecule has 2 aromatic carbocycles. The molecule has 5 heteroatoms. The maximum Gasteiger partial charge on any atom is 0.168 e. The van der Waals surface area contributed by atoms with E-state index < -0.39 is 0 Å². The fraction of sp³-hybridized carbons (Fsp3) is 0.400. The number of aromatic hydroxyl groups is 1. The standard InChI is InChI=1S/C20H23NO4/c1-21-8-7-12-10-14(22)19(24-3)18-16(12)13(21)9-11-5-6-15(23-2)20(25-4)17(11)18/h5-6,10,13,22H,7-9H2,1-4H3/t13-/m0/s1. The molecule has 0 bridgehead atoms. The average Bonchev–Trinajstić information content (AvgIpc) is 2.63. The molecule has 1 aliphatic carbocycles. The van der Waals surface area contributed by atoms with Crippen LogP contribution in [0.15, 0.2) is 18.2 Å². The van der Waals surface area contributed by atoms with Crippen LogP contribution in [0.25, 0.3) is 11.1 Å². The monoisotopic (exact) mass is 341 g/mol. The van der Waals surface area contributed by atoms with Crippen molar-refractivity contribution >= 4 is 0 Å². The molecule has 0 spiro atoms. The van der Waals surface area contributed by atoms with E-state index in [2.05, 4.69) is 18.0 Å². The zero-order chi connectivity index (χ0) is 17.7. The van der Waals surface area contributed by atoms with Crippen LogP contribution >= 0.6 is 0 Å². The lowest BCUT2D eigenvalue weighted by Crippen LogP contribution is -2.35. The summed E-state index contributed by atoms with van der Waals surface area (Å²) in [5.74, 6) is 2.06. The van der Waals surface area contributed by atoms with E-state index in [-0.39, 0.29) is 11.8 Å². The minimum atomic E-state index is 0.178. The van der Waals surface area contributed by atoms with E-state index >= 15 is 0 Å². The molecule has 1 atom stereocenters. The van der Waals surface area contributed by atoms with E-state index in [9.17, 15) is 5.11 Å². The molecule has 0 unspecified atom stereocenters. The maximum absolute atomic E-state index is 10.6. The predicted molar refractivity (Wildman–Crippen MR) is 96.0 cm³/mol. The van der Waals surface area contributed by atoms with E-state index in [1.54, 1.807) is 21.3 Å². The van der Waals surface area contributed by atoms with Crippen LogP contribution in [0, 0.1) is 0 Å². The number of hydrogen-bond acceptors (Lipinski definition) is 5. The number of ether oxygens (including phenoxy) is 3. The Kier molecular flexibility index (Phi) is 3.76. The van der Waals surface area contributed by atoms with Crippen molar-refractivity contribution in [3.63, 3.8) is 0 Å². The SMILES string of the molecule is COc1ccc2c(c1OC)-c1c(OC)c(O)cc3c1[C@H](C2)N(C)CC3. The smallest absolute Gasteiger partial charge is 0.168 e. The van der Waals surface area contributed by atoms with E-state index in [0.717, 1.165) is 30.5 Å². The summed E-state index contributed by atoms with van der Waals surface area (Å²) in [7, 11) is 7.04. The van der Waals surface area contributed by atoms with Crippen LogP contribution in [0.2, 0.25) is 0 Å². The molecular formula is C20H23NO4. The number of fused-ring (bicyclic) bond motifs is 2. The third-order valence-corrected chi connectivity index (χ3v) is 5.48. The van der Waals surface area contributed by atoms with Gasteiger partial charge in [-0.25, -0.2) is 0 Å². The highest BCUT2D eigenvalue weighted by Gasteiger charge is 2.38.